The standard InChI is InChI=1S/C43H69N13O11/c1-9-24(4)35(40(63)52-31(18-27-19-47-22-49-27)41(64)56(7)21-33(59)53-36(42(65)66)25(5)67-8)55-38(61)30(17-26-12-14-28(57)15-13-26)51-39(62)34(23(2)3)54-37(60)29(50-32(58)20-46-6)11-10-16-48-43(44)45/h12-15,19,22-25,29-31,34-36,46,57H,9-11,16-18,20-21H2,1-8H3,(H,47,49)(H,50,58)(H,51,62)(H,52,63)(H,53,59)(H,54,60)(H,55,61)(H,65,66)(H4,44,45,48)/t24-,25+,29-,30-,31-,34-,35-,36-/m0/s1. The lowest BCUT2D eigenvalue weighted by Crippen LogP contribution is -2.61. The Balaban J connectivity index is 2.44. The Morgan fingerprint density at radius 2 is 1.42 bits per heavy atom. The van der Waals surface area contributed by atoms with E-state index in [0.717, 1.165) is 4.90 Å². The normalized spacial score (nSPS) is 14.6. The fourth-order valence-corrected chi connectivity index (χ4v) is 6.63. The fraction of sp³-hybridized carbons (Fsp3) is 0.581. The van der Waals surface area contributed by atoms with Gasteiger partial charge < -0.3 is 73.5 Å². The predicted molar refractivity (Wildman–Crippen MR) is 246 cm³/mol. The van der Waals surface area contributed by atoms with E-state index in [0.29, 0.717) is 24.1 Å². The second kappa shape index (κ2) is 28.3. The number of aromatic amines is 1. The number of methoxy groups -OCH3 is 1. The number of aliphatic carboxylic acids is 1. The van der Waals surface area contributed by atoms with E-state index in [9.17, 15) is 48.6 Å². The van der Waals surface area contributed by atoms with Crippen molar-refractivity contribution in [1.82, 2.24) is 52.1 Å². The van der Waals surface area contributed by atoms with E-state index in [4.69, 9.17) is 16.2 Å². The van der Waals surface area contributed by atoms with Crippen molar-refractivity contribution < 1.29 is 53.3 Å². The number of nitrogens with zero attached hydrogens (tertiary/aromatic N) is 3. The first-order valence-corrected chi connectivity index (χ1v) is 21.9. The van der Waals surface area contributed by atoms with Crippen LogP contribution in [0.1, 0.15) is 65.1 Å². The number of carbonyl (C=O) groups is 8. The summed E-state index contributed by atoms with van der Waals surface area (Å²) < 4.78 is 5.06. The van der Waals surface area contributed by atoms with Crippen molar-refractivity contribution in [1.29, 1.82) is 0 Å². The zero-order chi connectivity index (χ0) is 50.4. The number of aromatic nitrogens is 2. The summed E-state index contributed by atoms with van der Waals surface area (Å²) in [5, 5.41) is 38.1. The van der Waals surface area contributed by atoms with Crippen LogP contribution in [0.2, 0.25) is 0 Å². The molecule has 7 amide bonds. The maximum absolute atomic E-state index is 14.4. The van der Waals surface area contributed by atoms with Gasteiger partial charge in [0.25, 0.3) is 0 Å². The van der Waals surface area contributed by atoms with Crippen LogP contribution in [0.4, 0.5) is 0 Å². The van der Waals surface area contributed by atoms with E-state index < -0.39 is 108 Å². The van der Waals surface area contributed by atoms with E-state index in [1.165, 1.54) is 45.7 Å². The van der Waals surface area contributed by atoms with Crippen molar-refractivity contribution in [2.45, 2.75) is 109 Å². The third kappa shape index (κ3) is 19.3. The van der Waals surface area contributed by atoms with Gasteiger partial charge in [0.1, 0.15) is 36.0 Å². The van der Waals surface area contributed by atoms with Crippen LogP contribution >= 0.6 is 0 Å². The minimum atomic E-state index is -1.41. The first kappa shape index (κ1) is 56.3. The van der Waals surface area contributed by atoms with Gasteiger partial charge in [0.05, 0.1) is 25.5 Å². The van der Waals surface area contributed by atoms with Gasteiger partial charge in [-0.1, -0.05) is 46.2 Å². The summed E-state index contributed by atoms with van der Waals surface area (Å²) in [5.41, 5.74) is 11.8. The molecule has 2 rings (SSSR count). The van der Waals surface area contributed by atoms with E-state index in [2.05, 4.69) is 52.2 Å². The molecule has 0 spiro atoms. The molecule has 14 N–H and O–H groups in total. The lowest BCUT2D eigenvalue weighted by Gasteiger charge is -2.30. The number of phenols is 1. The number of benzene rings is 1. The van der Waals surface area contributed by atoms with Crippen LogP contribution in [0.5, 0.6) is 5.75 Å². The highest BCUT2D eigenvalue weighted by molar-refractivity contribution is 5.97. The molecule has 372 valence electrons. The number of aliphatic imine (C=N–C) groups is 1. The molecule has 8 atom stereocenters. The number of carboxylic acids is 1. The van der Waals surface area contributed by atoms with Gasteiger partial charge >= 0.3 is 5.97 Å². The number of aromatic hydroxyl groups is 1. The first-order chi connectivity index (χ1) is 31.6. The van der Waals surface area contributed by atoms with Crippen LogP contribution in [-0.2, 0) is 55.9 Å². The molecule has 1 aromatic heterocycles. The maximum Gasteiger partial charge on any atom is 0.328 e. The quantitative estimate of drug-likeness (QED) is 0.0225. The molecule has 0 aliphatic heterocycles. The molecule has 0 aliphatic carbocycles. The highest BCUT2D eigenvalue weighted by Gasteiger charge is 2.36. The Morgan fingerprint density at radius 1 is 0.806 bits per heavy atom. The molecule has 67 heavy (non-hydrogen) atoms. The number of carbonyl (C=O) groups excluding carboxylic acids is 7. The molecule has 0 unspecified atom stereocenters. The number of likely N-dealkylation sites (N-methyl/N-ethyl adjacent to an activating group) is 2. The average Bonchev–Trinajstić information content (AvgIpc) is 3.79. The van der Waals surface area contributed by atoms with Crippen molar-refractivity contribution in [3.05, 3.63) is 48.0 Å². The van der Waals surface area contributed by atoms with E-state index in [-0.39, 0.29) is 44.1 Å². The molecule has 24 heteroatoms. The Hall–Kier alpha value is -6.82. The van der Waals surface area contributed by atoms with E-state index in [1.54, 1.807) is 46.9 Å². The average molecular weight is 944 g/mol. The summed E-state index contributed by atoms with van der Waals surface area (Å²) in [6, 6.07) is -1.77. The van der Waals surface area contributed by atoms with Crippen molar-refractivity contribution >= 4 is 53.3 Å². The topological polar surface area (TPSA) is 367 Å². The smallest absolute Gasteiger partial charge is 0.328 e. The highest BCUT2D eigenvalue weighted by atomic mass is 16.5. The lowest BCUT2D eigenvalue weighted by molar-refractivity contribution is -0.146. The summed E-state index contributed by atoms with van der Waals surface area (Å²) in [4.78, 5) is 119. The molecule has 24 nitrogen and oxygen atoms in total. The Bertz CT molecular complexity index is 1980. The van der Waals surface area contributed by atoms with Crippen LogP contribution in [0.25, 0.3) is 0 Å². The molecule has 0 saturated carbocycles. The first-order valence-electron chi connectivity index (χ1n) is 21.9. The van der Waals surface area contributed by atoms with Crippen LogP contribution < -0.4 is 48.7 Å². The predicted octanol–water partition coefficient (Wildman–Crippen LogP) is -2.64. The number of carboxylic acid groups (broad SMARTS) is 1. The highest BCUT2D eigenvalue weighted by Crippen LogP contribution is 2.15. The zero-order valence-corrected chi connectivity index (χ0v) is 39.4. The van der Waals surface area contributed by atoms with Crippen LogP contribution in [0.15, 0.2) is 41.8 Å². The van der Waals surface area contributed by atoms with Crippen LogP contribution in [0.3, 0.4) is 0 Å². The van der Waals surface area contributed by atoms with Crippen LogP contribution in [-0.4, -0.2) is 162 Å². The number of nitrogens with one attached hydrogen (secondary N) is 8. The number of hydrogen-bond acceptors (Lipinski definition) is 13. The number of phenolic OH excluding ortho intramolecular Hbond substituents is 1. The molecule has 0 aliphatic rings. The summed E-state index contributed by atoms with van der Waals surface area (Å²) in [7, 11) is 4.15. The third-order valence-corrected chi connectivity index (χ3v) is 10.8. The van der Waals surface area contributed by atoms with Gasteiger partial charge in [-0.2, -0.15) is 0 Å². The Labute approximate surface area is 390 Å². The van der Waals surface area contributed by atoms with Gasteiger partial charge in [0.2, 0.25) is 41.4 Å². The monoisotopic (exact) mass is 944 g/mol. The number of guanidine groups is 1. The van der Waals surface area contributed by atoms with Crippen molar-refractivity contribution in [3.63, 3.8) is 0 Å². The van der Waals surface area contributed by atoms with Gasteiger partial charge in [-0.3, -0.25) is 38.6 Å². The molecular formula is C43H69N13O11. The lowest BCUT2D eigenvalue weighted by atomic mass is 9.96. The molecule has 1 heterocycles. The third-order valence-electron chi connectivity index (χ3n) is 10.8. The zero-order valence-electron chi connectivity index (χ0n) is 39.4. The second-order valence-electron chi connectivity index (χ2n) is 16.5. The summed E-state index contributed by atoms with van der Waals surface area (Å²) in [6.07, 6.45) is 2.48. The summed E-state index contributed by atoms with van der Waals surface area (Å²) >= 11 is 0. The Kier molecular flexibility index (Phi) is 23.8. The summed E-state index contributed by atoms with van der Waals surface area (Å²) in [6.45, 7) is 7.80. The SMILES string of the molecule is CC[C@H](C)[C@H](NC(=O)[C@H](Cc1ccc(O)cc1)NC(=O)[C@@H](NC(=O)[C@H](CCCN=C(N)N)NC(=O)CNC)C(C)C)C(=O)N[C@@H](Cc1cnc[nH]1)C(=O)N(C)CC(=O)N[C@H](C(=O)O)[C@@H](C)OC. The van der Waals surface area contributed by atoms with Gasteiger partial charge in [-0.15, -0.1) is 0 Å². The molecule has 1 aromatic carbocycles. The van der Waals surface area contributed by atoms with Gasteiger partial charge in [-0.25, -0.2) is 9.78 Å². The molecule has 0 bridgehead atoms. The number of hydrogen-bond donors (Lipinski definition) is 12. The second-order valence-corrected chi connectivity index (χ2v) is 16.5. The molecule has 0 radical (unpaired) electrons. The molecule has 0 fully saturated rings. The number of rotatable bonds is 29. The van der Waals surface area contributed by atoms with Crippen molar-refractivity contribution in [2.24, 2.45) is 28.3 Å². The van der Waals surface area contributed by atoms with Crippen molar-refractivity contribution in [3.8, 4) is 5.75 Å². The fourth-order valence-electron chi connectivity index (χ4n) is 6.63. The van der Waals surface area contributed by atoms with Gasteiger partial charge in [0, 0.05) is 45.4 Å². The van der Waals surface area contributed by atoms with Crippen LogP contribution in [0, 0.1) is 11.8 Å². The van der Waals surface area contributed by atoms with Gasteiger partial charge in [0.15, 0.2) is 12.0 Å². The summed E-state index contributed by atoms with van der Waals surface area (Å²) in [5.74, 6) is -7.61. The number of amides is 7. The van der Waals surface area contributed by atoms with Gasteiger partial charge in [-0.05, 0) is 56.3 Å². The molecule has 2 aromatic rings. The number of H-pyrrole nitrogens is 1. The number of imidazole rings is 1. The van der Waals surface area contributed by atoms with E-state index >= 15 is 0 Å². The minimum absolute atomic E-state index is 0.0461. The van der Waals surface area contributed by atoms with E-state index in [1.807, 2.05) is 0 Å². The number of nitrogens with two attached hydrogens (primary N) is 2. The minimum Gasteiger partial charge on any atom is -0.508 e. The molecular weight excluding hydrogens is 875 g/mol. The number of ether oxygens (including phenoxy) is 1. The molecule has 0 saturated heterocycles. The maximum atomic E-state index is 14.4. The Morgan fingerprint density at radius 3 is 1.97 bits per heavy atom. The van der Waals surface area contributed by atoms with Crippen molar-refractivity contribution in [2.75, 3.05) is 40.8 Å². The largest absolute Gasteiger partial charge is 0.508 e.